The third-order valence-electron chi connectivity index (χ3n) is 3.75. The van der Waals surface area contributed by atoms with Crippen molar-refractivity contribution in [1.29, 1.82) is 0 Å². The zero-order chi connectivity index (χ0) is 11.2. The molecule has 1 aliphatic rings. The minimum atomic E-state index is 0.852. The summed E-state index contributed by atoms with van der Waals surface area (Å²) in [6, 6.07) is 4.25. The molecule has 1 aromatic rings. The number of pyridine rings is 1. The molecule has 2 unspecified atom stereocenters. The van der Waals surface area contributed by atoms with Gasteiger partial charge in [0.25, 0.3) is 0 Å². The lowest BCUT2D eigenvalue weighted by Gasteiger charge is -2.31. The first-order valence-corrected chi connectivity index (χ1v) is 6.43. The first kappa shape index (κ1) is 11.6. The van der Waals surface area contributed by atoms with Crippen molar-refractivity contribution in [3.63, 3.8) is 0 Å². The molecule has 1 fully saturated rings. The molecule has 0 aliphatic heterocycles. The third kappa shape index (κ3) is 3.05. The van der Waals surface area contributed by atoms with E-state index in [1.54, 1.807) is 0 Å². The van der Waals surface area contributed by atoms with Crippen molar-refractivity contribution in [2.24, 2.45) is 11.8 Å². The molecule has 1 aromatic heterocycles. The number of nitrogens with zero attached hydrogens (tertiary/aromatic N) is 1. The molecule has 2 rings (SSSR count). The molecule has 1 heterocycles. The van der Waals surface area contributed by atoms with Gasteiger partial charge >= 0.3 is 0 Å². The van der Waals surface area contributed by atoms with Crippen molar-refractivity contribution >= 4 is 0 Å². The first-order chi connectivity index (χ1) is 7.90. The van der Waals surface area contributed by atoms with Crippen molar-refractivity contribution in [2.75, 3.05) is 13.6 Å². The average Bonchev–Trinajstić information content (AvgIpc) is 2.33. The summed E-state index contributed by atoms with van der Waals surface area (Å²) in [6.07, 6.45) is 10.7. The molecule has 88 valence electrons. The number of hydrogen-bond acceptors (Lipinski definition) is 2. The van der Waals surface area contributed by atoms with Gasteiger partial charge < -0.3 is 5.32 Å². The number of rotatable bonds is 4. The largest absolute Gasteiger partial charge is 0.319 e. The Morgan fingerprint density at radius 2 is 2.12 bits per heavy atom. The smallest absolute Gasteiger partial charge is 0.0299 e. The van der Waals surface area contributed by atoms with Gasteiger partial charge in [-0.2, -0.15) is 0 Å². The highest BCUT2D eigenvalue weighted by Gasteiger charge is 2.24. The minimum Gasteiger partial charge on any atom is -0.319 e. The van der Waals surface area contributed by atoms with Crippen LogP contribution in [0.25, 0.3) is 0 Å². The highest BCUT2D eigenvalue weighted by molar-refractivity contribution is 5.09. The highest BCUT2D eigenvalue weighted by atomic mass is 14.8. The van der Waals surface area contributed by atoms with Gasteiger partial charge in [0.2, 0.25) is 0 Å². The summed E-state index contributed by atoms with van der Waals surface area (Å²) in [4.78, 5) is 4.21. The Hall–Kier alpha value is -0.890. The van der Waals surface area contributed by atoms with E-state index in [9.17, 15) is 0 Å². The van der Waals surface area contributed by atoms with Gasteiger partial charge in [0.15, 0.2) is 0 Å². The van der Waals surface area contributed by atoms with E-state index in [-0.39, 0.29) is 0 Å². The molecule has 16 heavy (non-hydrogen) atoms. The second-order valence-electron chi connectivity index (χ2n) is 4.93. The van der Waals surface area contributed by atoms with Crippen molar-refractivity contribution in [3.8, 4) is 0 Å². The van der Waals surface area contributed by atoms with E-state index in [4.69, 9.17) is 0 Å². The standard InChI is InChI=1S/C14H22N2/c1-15-11-14-7-3-2-6-13(14)9-12-5-4-8-16-10-12/h4-5,8,10,13-15H,2-3,6-7,9,11H2,1H3. The van der Waals surface area contributed by atoms with Crippen LogP contribution < -0.4 is 5.32 Å². The minimum absolute atomic E-state index is 0.852. The molecule has 0 spiro atoms. The van der Waals surface area contributed by atoms with Gasteiger partial charge in [-0.05, 0) is 56.3 Å². The molecule has 1 N–H and O–H groups in total. The zero-order valence-electron chi connectivity index (χ0n) is 10.2. The topological polar surface area (TPSA) is 24.9 Å². The molecule has 0 bridgehead atoms. The summed E-state index contributed by atoms with van der Waals surface area (Å²) in [5.74, 6) is 1.71. The Bertz CT molecular complexity index is 295. The fourth-order valence-electron chi connectivity index (χ4n) is 2.91. The van der Waals surface area contributed by atoms with Gasteiger partial charge in [-0.25, -0.2) is 0 Å². The molecule has 0 saturated heterocycles. The molecule has 0 aromatic carbocycles. The van der Waals surface area contributed by atoms with Crippen molar-refractivity contribution in [1.82, 2.24) is 10.3 Å². The van der Waals surface area contributed by atoms with Crippen molar-refractivity contribution in [3.05, 3.63) is 30.1 Å². The fourth-order valence-corrected chi connectivity index (χ4v) is 2.91. The van der Waals surface area contributed by atoms with Crippen LogP contribution >= 0.6 is 0 Å². The lowest BCUT2D eigenvalue weighted by Crippen LogP contribution is -2.30. The van der Waals surface area contributed by atoms with Crippen molar-refractivity contribution < 1.29 is 0 Å². The highest BCUT2D eigenvalue weighted by Crippen LogP contribution is 2.31. The number of nitrogens with one attached hydrogen (secondary N) is 1. The molecule has 1 aliphatic carbocycles. The predicted octanol–water partition coefficient (Wildman–Crippen LogP) is 2.65. The van der Waals surface area contributed by atoms with E-state index in [0.29, 0.717) is 0 Å². The molecule has 2 heteroatoms. The number of hydrogen-bond donors (Lipinski definition) is 1. The van der Waals surface area contributed by atoms with Gasteiger partial charge in [0.1, 0.15) is 0 Å². The van der Waals surface area contributed by atoms with E-state index >= 15 is 0 Å². The first-order valence-electron chi connectivity index (χ1n) is 6.43. The molecule has 0 radical (unpaired) electrons. The maximum Gasteiger partial charge on any atom is 0.0299 e. The summed E-state index contributed by atoms with van der Waals surface area (Å²) in [7, 11) is 2.07. The molecule has 0 amide bonds. The van der Waals surface area contributed by atoms with E-state index in [1.165, 1.54) is 44.2 Å². The molecule has 2 atom stereocenters. The lowest BCUT2D eigenvalue weighted by atomic mass is 9.76. The quantitative estimate of drug-likeness (QED) is 0.840. The monoisotopic (exact) mass is 218 g/mol. The van der Waals surface area contributed by atoms with Crippen LogP contribution in [0.2, 0.25) is 0 Å². The van der Waals surface area contributed by atoms with Gasteiger partial charge in [-0.3, -0.25) is 4.98 Å². The summed E-state index contributed by atoms with van der Waals surface area (Å²) >= 11 is 0. The lowest BCUT2D eigenvalue weighted by molar-refractivity contribution is 0.232. The van der Waals surface area contributed by atoms with E-state index in [1.807, 2.05) is 18.5 Å². The van der Waals surface area contributed by atoms with Crippen LogP contribution in [-0.2, 0) is 6.42 Å². The van der Waals surface area contributed by atoms with Crippen LogP contribution in [0.3, 0.4) is 0 Å². The molecule has 1 saturated carbocycles. The Labute approximate surface area is 98.5 Å². The Kier molecular flexibility index (Phi) is 4.34. The predicted molar refractivity (Wildman–Crippen MR) is 67.3 cm³/mol. The van der Waals surface area contributed by atoms with E-state index in [0.717, 1.165) is 11.8 Å². The van der Waals surface area contributed by atoms with Crippen LogP contribution in [0.5, 0.6) is 0 Å². The third-order valence-corrected chi connectivity index (χ3v) is 3.75. The van der Waals surface area contributed by atoms with Crippen LogP contribution in [0.1, 0.15) is 31.2 Å². The second-order valence-corrected chi connectivity index (χ2v) is 4.93. The molecular weight excluding hydrogens is 196 g/mol. The van der Waals surface area contributed by atoms with Crippen LogP contribution in [0.4, 0.5) is 0 Å². The molecular formula is C14H22N2. The second kappa shape index (κ2) is 6.00. The summed E-state index contributed by atoms with van der Waals surface area (Å²) in [6.45, 7) is 1.17. The fraction of sp³-hybridized carbons (Fsp3) is 0.643. The average molecular weight is 218 g/mol. The number of aromatic nitrogens is 1. The summed E-state index contributed by atoms with van der Waals surface area (Å²) in [5.41, 5.74) is 1.40. The SMILES string of the molecule is CNCC1CCCCC1Cc1cccnc1. The Morgan fingerprint density at radius 3 is 2.81 bits per heavy atom. The van der Waals surface area contributed by atoms with E-state index < -0.39 is 0 Å². The van der Waals surface area contributed by atoms with Gasteiger partial charge in [-0.15, -0.1) is 0 Å². The molecule has 2 nitrogen and oxygen atoms in total. The van der Waals surface area contributed by atoms with E-state index in [2.05, 4.69) is 23.4 Å². The maximum absolute atomic E-state index is 4.21. The Morgan fingerprint density at radius 1 is 1.31 bits per heavy atom. The van der Waals surface area contributed by atoms with Crippen LogP contribution in [0.15, 0.2) is 24.5 Å². The summed E-state index contributed by atoms with van der Waals surface area (Å²) < 4.78 is 0. The van der Waals surface area contributed by atoms with Gasteiger partial charge in [0, 0.05) is 12.4 Å². The Balaban J connectivity index is 1.96. The maximum atomic E-state index is 4.21. The normalized spacial score (nSPS) is 25.6. The zero-order valence-corrected chi connectivity index (χ0v) is 10.2. The van der Waals surface area contributed by atoms with Gasteiger partial charge in [0.05, 0.1) is 0 Å². The van der Waals surface area contributed by atoms with Crippen molar-refractivity contribution in [2.45, 2.75) is 32.1 Å². The van der Waals surface area contributed by atoms with Crippen LogP contribution in [0, 0.1) is 11.8 Å². The van der Waals surface area contributed by atoms with Crippen LogP contribution in [-0.4, -0.2) is 18.6 Å². The summed E-state index contributed by atoms with van der Waals surface area (Å²) in [5, 5.41) is 3.34. The van der Waals surface area contributed by atoms with Gasteiger partial charge in [-0.1, -0.05) is 18.9 Å².